The van der Waals surface area contributed by atoms with Crippen molar-refractivity contribution in [2.75, 3.05) is 5.73 Å². The number of pyridine rings is 1. The van der Waals surface area contributed by atoms with Gasteiger partial charge in [-0.2, -0.15) is 5.26 Å². The van der Waals surface area contributed by atoms with Gasteiger partial charge >= 0.3 is 0 Å². The Labute approximate surface area is 101 Å². The molecule has 3 nitrogen and oxygen atoms in total. The summed E-state index contributed by atoms with van der Waals surface area (Å²) in [6, 6.07) is 10.1. The molecule has 3 heteroatoms. The summed E-state index contributed by atoms with van der Waals surface area (Å²) in [5.41, 5.74) is 10.3. The highest BCUT2D eigenvalue weighted by Gasteiger charge is 2.10. The summed E-state index contributed by atoms with van der Waals surface area (Å²) in [6.45, 7) is 4.05. The van der Waals surface area contributed by atoms with Crippen LogP contribution in [0.4, 0.5) is 5.82 Å². The Morgan fingerprint density at radius 3 is 2.65 bits per heavy atom. The number of hydrogen-bond acceptors (Lipinski definition) is 3. The number of nitrogen functional groups attached to an aromatic ring is 1. The molecule has 0 aliphatic rings. The number of rotatable bonds is 1. The summed E-state index contributed by atoms with van der Waals surface area (Å²) in [5.74, 6) is 0.283. The maximum absolute atomic E-state index is 9.15. The van der Waals surface area contributed by atoms with E-state index in [1.165, 1.54) is 0 Å². The van der Waals surface area contributed by atoms with Crippen LogP contribution in [0.2, 0.25) is 0 Å². The Bertz CT molecular complexity index is 609. The highest BCUT2D eigenvalue weighted by molar-refractivity contribution is 5.77. The van der Waals surface area contributed by atoms with Crippen molar-refractivity contribution >= 4 is 5.82 Å². The summed E-state index contributed by atoms with van der Waals surface area (Å²) < 4.78 is 0. The molecule has 1 aromatic heterocycles. The van der Waals surface area contributed by atoms with Crippen LogP contribution >= 0.6 is 0 Å². The van der Waals surface area contributed by atoms with Gasteiger partial charge < -0.3 is 5.73 Å². The van der Waals surface area contributed by atoms with Crippen LogP contribution in [0, 0.1) is 25.2 Å². The van der Waals surface area contributed by atoms with Crippen molar-refractivity contribution in [1.29, 1.82) is 5.26 Å². The van der Waals surface area contributed by atoms with Gasteiger partial charge in [0.05, 0.1) is 0 Å². The maximum Gasteiger partial charge on any atom is 0.141 e. The Morgan fingerprint density at radius 1 is 1.18 bits per heavy atom. The van der Waals surface area contributed by atoms with Gasteiger partial charge in [0.25, 0.3) is 0 Å². The second-order valence-electron chi connectivity index (χ2n) is 4.05. The molecule has 2 aromatic rings. The first-order chi connectivity index (χ1) is 8.13. The minimum atomic E-state index is 0.283. The number of nitrogens with zero attached hydrogens (tertiary/aromatic N) is 2. The molecule has 0 amide bonds. The third-order valence-corrected chi connectivity index (χ3v) is 2.78. The molecule has 0 bridgehead atoms. The van der Waals surface area contributed by atoms with E-state index < -0.39 is 0 Å². The number of hydrogen-bond donors (Lipinski definition) is 1. The second kappa shape index (κ2) is 4.26. The smallest absolute Gasteiger partial charge is 0.141 e. The standard InChI is InChI=1S/C14H13N3/c1-9-3-4-10(2)12(7-9)11-5-6-17-14(16)13(11)8-15/h3-7H,1-2H3,(H2,16,17). The van der Waals surface area contributed by atoms with Crippen LogP contribution in [0.3, 0.4) is 0 Å². The fourth-order valence-corrected chi connectivity index (χ4v) is 1.85. The molecular weight excluding hydrogens is 210 g/mol. The first-order valence-electron chi connectivity index (χ1n) is 5.35. The van der Waals surface area contributed by atoms with E-state index in [9.17, 15) is 0 Å². The molecule has 0 atom stereocenters. The number of aromatic nitrogens is 1. The van der Waals surface area contributed by atoms with Crippen LogP contribution in [0.25, 0.3) is 11.1 Å². The molecule has 0 saturated carbocycles. The van der Waals surface area contributed by atoms with Crippen molar-refractivity contribution in [1.82, 2.24) is 4.98 Å². The van der Waals surface area contributed by atoms with Gasteiger partial charge in [-0.05, 0) is 31.0 Å². The molecule has 0 aliphatic heterocycles. The monoisotopic (exact) mass is 223 g/mol. The number of benzene rings is 1. The van der Waals surface area contributed by atoms with Gasteiger partial charge in [-0.25, -0.2) is 4.98 Å². The van der Waals surface area contributed by atoms with Gasteiger partial charge in [-0.15, -0.1) is 0 Å². The zero-order chi connectivity index (χ0) is 12.4. The van der Waals surface area contributed by atoms with E-state index in [2.05, 4.69) is 23.2 Å². The van der Waals surface area contributed by atoms with Crippen molar-refractivity contribution in [2.45, 2.75) is 13.8 Å². The van der Waals surface area contributed by atoms with E-state index in [0.717, 1.165) is 22.3 Å². The highest BCUT2D eigenvalue weighted by atomic mass is 14.8. The fraction of sp³-hybridized carbons (Fsp3) is 0.143. The van der Waals surface area contributed by atoms with E-state index in [-0.39, 0.29) is 5.82 Å². The minimum absolute atomic E-state index is 0.283. The molecular formula is C14H13N3. The first-order valence-corrected chi connectivity index (χ1v) is 5.35. The molecule has 0 saturated heterocycles. The Balaban J connectivity index is 2.73. The van der Waals surface area contributed by atoms with Gasteiger partial charge in [-0.1, -0.05) is 23.8 Å². The summed E-state index contributed by atoms with van der Waals surface area (Å²) in [6.07, 6.45) is 1.63. The summed E-state index contributed by atoms with van der Waals surface area (Å²) >= 11 is 0. The van der Waals surface area contributed by atoms with Crippen LogP contribution < -0.4 is 5.73 Å². The predicted octanol–water partition coefficient (Wildman–Crippen LogP) is 2.82. The Kier molecular flexibility index (Phi) is 2.80. The van der Waals surface area contributed by atoms with Gasteiger partial charge in [0.2, 0.25) is 0 Å². The second-order valence-corrected chi connectivity index (χ2v) is 4.05. The Morgan fingerprint density at radius 2 is 1.94 bits per heavy atom. The molecule has 2 N–H and O–H groups in total. The van der Waals surface area contributed by atoms with Crippen molar-refractivity contribution in [3.8, 4) is 17.2 Å². The molecule has 0 unspecified atom stereocenters. The predicted molar refractivity (Wildman–Crippen MR) is 68.3 cm³/mol. The molecule has 1 heterocycles. The number of nitrogens with two attached hydrogens (primary N) is 1. The third-order valence-electron chi connectivity index (χ3n) is 2.78. The fourth-order valence-electron chi connectivity index (χ4n) is 1.85. The first kappa shape index (κ1) is 11.2. The van der Waals surface area contributed by atoms with Crippen LogP contribution in [0.1, 0.15) is 16.7 Å². The molecule has 1 aromatic carbocycles. The molecule has 17 heavy (non-hydrogen) atoms. The van der Waals surface area contributed by atoms with Crippen molar-refractivity contribution in [3.63, 3.8) is 0 Å². The summed E-state index contributed by atoms with van der Waals surface area (Å²) in [5, 5.41) is 9.15. The SMILES string of the molecule is Cc1ccc(C)c(-c2ccnc(N)c2C#N)c1. The summed E-state index contributed by atoms with van der Waals surface area (Å²) in [7, 11) is 0. The minimum Gasteiger partial charge on any atom is -0.383 e. The number of aryl methyl sites for hydroxylation is 2. The van der Waals surface area contributed by atoms with Crippen molar-refractivity contribution in [2.24, 2.45) is 0 Å². The average Bonchev–Trinajstić information content (AvgIpc) is 2.32. The summed E-state index contributed by atoms with van der Waals surface area (Å²) in [4.78, 5) is 3.94. The lowest BCUT2D eigenvalue weighted by molar-refractivity contribution is 1.30. The van der Waals surface area contributed by atoms with Gasteiger partial charge in [-0.3, -0.25) is 0 Å². The lowest BCUT2D eigenvalue weighted by atomic mass is 9.96. The van der Waals surface area contributed by atoms with Crippen molar-refractivity contribution in [3.05, 3.63) is 47.2 Å². The third kappa shape index (κ3) is 1.98. The van der Waals surface area contributed by atoms with Crippen molar-refractivity contribution < 1.29 is 0 Å². The van der Waals surface area contributed by atoms with E-state index in [1.807, 2.05) is 26.0 Å². The van der Waals surface area contributed by atoms with Crippen LogP contribution in [0.15, 0.2) is 30.5 Å². The highest BCUT2D eigenvalue weighted by Crippen LogP contribution is 2.29. The van der Waals surface area contributed by atoms with Gasteiger partial charge in [0.15, 0.2) is 0 Å². The van der Waals surface area contributed by atoms with E-state index >= 15 is 0 Å². The number of anilines is 1. The number of nitriles is 1. The lowest BCUT2D eigenvalue weighted by Gasteiger charge is -2.09. The van der Waals surface area contributed by atoms with Crippen LogP contribution in [0.5, 0.6) is 0 Å². The van der Waals surface area contributed by atoms with E-state index in [0.29, 0.717) is 5.56 Å². The lowest BCUT2D eigenvalue weighted by Crippen LogP contribution is -1.97. The van der Waals surface area contributed by atoms with Crippen LogP contribution in [-0.4, -0.2) is 4.98 Å². The normalized spacial score (nSPS) is 9.94. The topological polar surface area (TPSA) is 62.7 Å². The molecule has 0 spiro atoms. The molecule has 0 fully saturated rings. The molecule has 2 rings (SSSR count). The molecule has 0 radical (unpaired) electrons. The molecule has 0 aliphatic carbocycles. The van der Waals surface area contributed by atoms with E-state index in [1.54, 1.807) is 6.20 Å². The van der Waals surface area contributed by atoms with Crippen LogP contribution in [-0.2, 0) is 0 Å². The quantitative estimate of drug-likeness (QED) is 0.808. The largest absolute Gasteiger partial charge is 0.383 e. The van der Waals surface area contributed by atoms with Gasteiger partial charge in [0, 0.05) is 11.8 Å². The molecule has 84 valence electrons. The van der Waals surface area contributed by atoms with Gasteiger partial charge in [0.1, 0.15) is 17.5 Å². The van der Waals surface area contributed by atoms with E-state index in [4.69, 9.17) is 11.0 Å². The zero-order valence-corrected chi connectivity index (χ0v) is 9.86. The Hall–Kier alpha value is -2.34. The average molecular weight is 223 g/mol. The zero-order valence-electron chi connectivity index (χ0n) is 9.86. The maximum atomic E-state index is 9.15.